The van der Waals surface area contributed by atoms with Crippen molar-refractivity contribution in [1.29, 1.82) is 0 Å². The quantitative estimate of drug-likeness (QED) is 0.463. The highest BCUT2D eigenvalue weighted by Gasteiger charge is 2.51. The van der Waals surface area contributed by atoms with E-state index in [2.05, 4.69) is 20.6 Å². The van der Waals surface area contributed by atoms with E-state index in [1.807, 2.05) is 18.2 Å². The van der Waals surface area contributed by atoms with Gasteiger partial charge in [0.15, 0.2) is 5.75 Å². The highest BCUT2D eigenvalue weighted by atomic mass is 35.5. The van der Waals surface area contributed by atoms with Crippen molar-refractivity contribution in [1.82, 2.24) is 15.3 Å². The zero-order valence-electron chi connectivity index (χ0n) is 18.7. The number of fused-ring (bicyclic) bond motifs is 2. The number of H-pyrrole nitrogens is 1. The molecule has 0 bridgehead atoms. The number of aromatic nitrogens is 2. The zero-order valence-corrected chi connectivity index (χ0v) is 19.5. The molecule has 2 aromatic heterocycles. The van der Waals surface area contributed by atoms with Crippen molar-refractivity contribution in [3.63, 3.8) is 0 Å². The van der Waals surface area contributed by atoms with Gasteiger partial charge in [0.1, 0.15) is 12.4 Å². The van der Waals surface area contributed by atoms with Crippen LogP contribution in [-0.4, -0.2) is 48.8 Å². The van der Waals surface area contributed by atoms with Gasteiger partial charge in [0.2, 0.25) is 0 Å². The number of carbonyl (C=O) groups is 1. The number of carbonyl (C=O) groups excluding carboxylic acids is 1. The van der Waals surface area contributed by atoms with Gasteiger partial charge in [-0.15, -0.1) is 0 Å². The molecule has 8 nitrogen and oxygen atoms in total. The molecule has 1 atom stereocenters. The van der Waals surface area contributed by atoms with Crippen molar-refractivity contribution in [3.8, 4) is 22.8 Å². The van der Waals surface area contributed by atoms with Crippen molar-refractivity contribution >= 4 is 28.9 Å². The van der Waals surface area contributed by atoms with Crippen molar-refractivity contribution in [2.24, 2.45) is 0 Å². The maximum Gasteiger partial charge on any atom is 0.255 e. The second-order valence-corrected chi connectivity index (χ2v) is 9.41. The number of anilines is 2. The lowest BCUT2D eigenvalue weighted by Gasteiger charge is -2.26. The van der Waals surface area contributed by atoms with Gasteiger partial charge in [-0.1, -0.05) is 17.7 Å². The van der Waals surface area contributed by atoms with Gasteiger partial charge in [-0.2, -0.15) is 0 Å². The maximum atomic E-state index is 13.1. The number of pyridine rings is 1. The molecule has 176 valence electrons. The number of nitrogens with one attached hydrogen (secondary N) is 3. The van der Waals surface area contributed by atoms with Gasteiger partial charge in [-0.05, 0) is 31.0 Å². The molecule has 3 N–H and O–H groups in total. The van der Waals surface area contributed by atoms with Gasteiger partial charge in [0, 0.05) is 42.4 Å². The zero-order chi connectivity index (χ0) is 23.3. The third kappa shape index (κ3) is 3.49. The number of aromatic amines is 1. The minimum Gasteiger partial charge on any atom is -0.493 e. The fourth-order valence-corrected chi connectivity index (χ4v) is 4.96. The summed E-state index contributed by atoms with van der Waals surface area (Å²) < 4.78 is 17.2. The van der Waals surface area contributed by atoms with Crippen LogP contribution in [0.15, 0.2) is 36.7 Å². The van der Waals surface area contributed by atoms with Crippen molar-refractivity contribution in [2.75, 3.05) is 32.2 Å². The first-order chi connectivity index (χ1) is 16.6. The van der Waals surface area contributed by atoms with E-state index in [0.717, 1.165) is 42.8 Å². The largest absolute Gasteiger partial charge is 0.493 e. The number of halogens is 1. The molecule has 6 rings (SSSR count). The highest BCUT2D eigenvalue weighted by molar-refractivity contribution is 6.32. The van der Waals surface area contributed by atoms with Crippen LogP contribution in [-0.2, 0) is 10.2 Å². The molecule has 1 aliphatic carbocycles. The third-order valence-electron chi connectivity index (χ3n) is 6.90. The fourth-order valence-electron chi connectivity index (χ4n) is 4.71. The topological polar surface area (TPSA) is 97.5 Å². The van der Waals surface area contributed by atoms with Crippen LogP contribution in [0.1, 0.15) is 35.3 Å². The Balaban J connectivity index is 1.49. The summed E-state index contributed by atoms with van der Waals surface area (Å²) in [7, 11) is 1.57. The summed E-state index contributed by atoms with van der Waals surface area (Å²) in [6.45, 7) is 1.86. The summed E-state index contributed by atoms with van der Waals surface area (Å²) in [5.41, 5.74) is 4.43. The number of hydrogen-bond donors (Lipinski definition) is 3. The van der Waals surface area contributed by atoms with E-state index < -0.39 is 0 Å². The summed E-state index contributed by atoms with van der Waals surface area (Å²) in [5.74, 6) is 1.02. The van der Waals surface area contributed by atoms with Gasteiger partial charge in [-0.3, -0.25) is 9.78 Å². The van der Waals surface area contributed by atoms with Crippen LogP contribution in [0.5, 0.6) is 11.5 Å². The van der Waals surface area contributed by atoms with Crippen molar-refractivity contribution < 1.29 is 19.0 Å². The minimum absolute atomic E-state index is 0.0514. The van der Waals surface area contributed by atoms with Gasteiger partial charge >= 0.3 is 0 Å². The van der Waals surface area contributed by atoms with Crippen LogP contribution in [0.2, 0.25) is 5.02 Å². The summed E-state index contributed by atoms with van der Waals surface area (Å²) >= 11 is 6.38. The van der Waals surface area contributed by atoms with Crippen molar-refractivity contribution in [2.45, 2.75) is 30.8 Å². The number of ether oxygens (including phenoxy) is 3. The Labute approximate surface area is 202 Å². The SMILES string of the molecule is COc1c(Cl)cccc1Nc1c(-c2ccncc2OC[C@H]2CCO2)[nH]c2c1C(=O)NCC21CC1. The first kappa shape index (κ1) is 21.3. The number of para-hydroxylation sites is 1. The molecule has 9 heteroatoms. The average Bonchev–Trinajstić information content (AvgIpc) is 3.49. The molecule has 2 fully saturated rings. The Hall–Kier alpha value is -3.23. The predicted molar refractivity (Wildman–Crippen MR) is 128 cm³/mol. The summed E-state index contributed by atoms with van der Waals surface area (Å²) in [6.07, 6.45) is 6.55. The normalized spacial score (nSPS) is 19.7. The summed E-state index contributed by atoms with van der Waals surface area (Å²) in [5, 5.41) is 7.00. The molecule has 1 spiro atoms. The van der Waals surface area contributed by atoms with Crippen molar-refractivity contribution in [3.05, 3.63) is 52.9 Å². The number of methoxy groups -OCH3 is 1. The van der Waals surface area contributed by atoms with E-state index in [1.54, 1.807) is 25.6 Å². The lowest BCUT2D eigenvalue weighted by molar-refractivity contribution is -0.0720. The molecule has 4 heterocycles. The third-order valence-corrected chi connectivity index (χ3v) is 7.20. The van der Waals surface area contributed by atoms with Crippen LogP contribution in [0.4, 0.5) is 11.4 Å². The van der Waals surface area contributed by atoms with E-state index in [0.29, 0.717) is 46.6 Å². The van der Waals surface area contributed by atoms with Gasteiger partial charge in [0.05, 0.1) is 47.1 Å². The van der Waals surface area contributed by atoms with Crippen LogP contribution < -0.4 is 20.1 Å². The number of rotatable bonds is 7. The lowest BCUT2D eigenvalue weighted by atomic mass is 9.93. The Morgan fingerprint density at radius 3 is 2.91 bits per heavy atom. The Bertz CT molecular complexity index is 1270. The molecule has 1 aromatic carbocycles. The summed E-state index contributed by atoms with van der Waals surface area (Å²) in [6, 6.07) is 7.38. The summed E-state index contributed by atoms with van der Waals surface area (Å²) in [4.78, 5) is 21.0. The molecule has 0 radical (unpaired) electrons. The Morgan fingerprint density at radius 2 is 2.18 bits per heavy atom. The highest BCUT2D eigenvalue weighted by Crippen LogP contribution is 2.54. The molecule has 34 heavy (non-hydrogen) atoms. The van der Waals surface area contributed by atoms with E-state index >= 15 is 0 Å². The monoisotopic (exact) mass is 480 g/mol. The molecule has 3 aromatic rings. The molecule has 3 aliphatic rings. The molecule has 1 amide bonds. The van der Waals surface area contributed by atoms with Gasteiger partial charge < -0.3 is 29.8 Å². The Morgan fingerprint density at radius 1 is 1.32 bits per heavy atom. The molecule has 0 unspecified atom stereocenters. The predicted octanol–water partition coefficient (Wildman–Crippen LogP) is 4.43. The molecule has 1 saturated carbocycles. The lowest BCUT2D eigenvalue weighted by Crippen LogP contribution is -2.39. The Kier molecular flexibility index (Phi) is 5.15. The molecule has 1 saturated heterocycles. The fraction of sp³-hybridized carbons (Fsp3) is 0.360. The molecular formula is C25H25ClN4O4. The second-order valence-electron chi connectivity index (χ2n) is 9.00. The van der Waals surface area contributed by atoms with Gasteiger partial charge in [-0.25, -0.2) is 0 Å². The number of benzene rings is 1. The first-order valence-corrected chi connectivity index (χ1v) is 11.8. The van der Waals surface area contributed by atoms with Gasteiger partial charge in [0.25, 0.3) is 5.91 Å². The minimum atomic E-state index is -0.113. The van der Waals surface area contributed by atoms with E-state index in [9.17, 15) is 4.79 Å². The second kappa shape index (κ2) is 8.21. The van der Waals surface area contributed by atoms with Crippen LogP contribution in [0.25, 0.3) is 11.3 Å². The number of nitrogens with zero attached hydrogens (tertiary/aromatic N) is 1. The van der Waals surface area contributed by atoms with E-state index in [4.69, 9.17) is 25.8 Å². The van der Waals surface area contributed by atoms with Crippen LogP contribution in [0, 0.1) is 0 Å². The standard InChI is InChI=1S/C25H25ClN4O4/c1-32-22-16(26)3-2-4-17(22)29-21-19-23(25(7-8-25)13-28-24(19)31)30-20(21)15-5-9-27-11-18(15)34-12-14-6-10-33-14/h2-5,9,11,14,29-30H,6-8,10,12-13H2,1H3,(H,28,31)/t14-/m1/s1. The van der Waals surface area contributed by atoms with Crippen LogP contribution in [0.3, 0.4) is 0 Å². The van der Waals surface area contributed by atoms with E-state index in [-0.39, 0.29) is 17.4 Å². The smallest absolute Gasteiger partial charge is 0.255 e. The molecular weight excluding hydrogens is 456 g/mol. The number of amides is 1. The number of hydrogen-bond acceptors (Lipinski definition) is 6. The van der Waals surface area contributed by atoms with E-state index in [1.165, 1.54) is 0 Å². The average molecular weight is 481 g/mol. The first-order valence-electron chi connectivity index (χ1n) is 11.4. The van der Waals surface area contributed by atoms with Crippen LogP contribution >= 0.6 is 11.6 Å². The maximum absolute atomic E-state index is 13.1. The molecule has 2 aliphatic heterocycles.